The summed E-state index contributed by atoms with van der Waals surface area (Å²) in [7, 11) is 1.37. The SMILES string of the molecule is COC(=O)c1c(C)cccc1/C=C1/Cc2cc(C)cc(C)c2C1=O. The van der Waals surface area contributed by atoms with Crippen molar-refractivity contribution in [2.45, 2.75) is 27.2 Å². The van der Waals surface area contributed by atoms with Gasteiger partial charge in [-0.05, 0) is 49.1 Å². The Morgan fingerprint density at radius 2 is 1.88 bits per heavy atom. The van der Waals surface area contributed by atoms with Gasteiger partial charge in [0.1, 0.15) is 0 Å². The molecule has 0 aromatic heterocycles. The van der Waals surface area contributed by atoms with Gasteiger partial charge in [0.25, 0.3) is 0 Å². The lowest BCUT2D eigenvalue weighted by Gasteiger charge is -2.08. The van der Waals surface area contributed by atoms with Crippen LogP contribution in [-0.2, 0) is 11.2 Å². The number of hydrogen-bond donors (Lipinski definition) is 0. The largest absolute Gasteiger partial charge is 0.465 e. The number of fused-ring (bicyclic) bond motifs is 1. The molecule has 3 rings (SSSR count). The van der Waals surface area contributed by atoms with Crippen molar-refractivity contribution in [2.75, 3.05) is 7.11 Å². The number of aryl methyl sites for hydroxylation is 3. The summed E-state index contributed by atoms with van der Waals surface area (Å²) in [5.74, 6) is -0.324. The Kier molecular flexibility index (Phi) is 4.10. The molecular formula is C21H20O3. The van der Waals surface area contributed by atoms with Crippen molar-refractivity contribution in [3.05, 3.63) is 74.8 Å². The van der Waals surface area contributed by atoms with Gasteiger partial charge in [0.05, 0.1) is 12.7 Å². The number of methoxy groups -OCH3 is 1. The maximum absolute atomic E-state index is 12.8. The van der Waals surface area contributed by atoms with Crippen LogP contribution in [0, 0.1) is 20.8 Å². The van der Waals surface area contributed by atoms with E-state index in [2.05, 4.69) is 6.07 Å². The van der Waals surface area contributed by atoms with Gasteiger partial charge >= 0.3 is 5.97 Å². The Labute approximate surface area is 142 Å². The van der Waals surface area contributed by atoms with Gasteiger partial charge in [0, 0.05) is 17.6 Å². The average Bonchev–Trinajstić information content (AvgIpc) is 2.83. The summed E-state index contributed by atoms with van der Waals surface area (Å²) in [4.78, 5) is 24.9. The average molecular weight is 320 g/mol. The van der Waals surface area contributed by atoms with Gasteiger partial charge in [-0.15, -0.1) is 0 Å². The first-order valence-electron chi connectivity index (χ1n) is 7.95. The van der Waals surface area contributed by atoms with Crippen LogP contribution >= 0.6 is 0 Å². The fourth-order valence-electron chi connectivity index (χ4n) is 3.46. The van der Waals surface area contributed by atoms with Crippen LogP contribution in [0.2, 0.25) is 0 Å². The summed E-state index contributed by atoms with van der Waals surface area (Å²) in [6.07, 6.45) is 2.43. The minimum Gasteiger partial charge on any atom is -0.465 e. The molecule has 0 heterocycles. The molecule has 1 aliphatic rings. The van der Waals surface area contributed by atoms with Gasteiger partial charge in [-0.2, -0.15) is 0 Å². The van der Waals surface area contributed by atoms with Gasteiger partial charge in [0.2, 0.25) is 0 Å². The number of ether oxygens (including phenoxy) is 1. The highest BCUT2D eigenvalue weighted by atomic mass is 16.5. The molecule has 0 amide bonds. The van der Waals surface area contributed by atoms with Crippen molar-refractivity contribution in [3.63, 3.8) is 0 Å². The lowest BCUT2D eigenvalue weighted by atomic mass is 9.98. The number of ketones is 1. The number of rotatable bonds is 2. The van der Waals surface area contributed by atoms with Crippen LogP contribution in [0.3, 0.4) is 0 Å². The quantitative estimate of drug-likeness (QED) is 0.614. The molecule has 3 nitrogen and oxygen atoms in total. The molecule has 0 radical (unpaired) electrons. The second-order valence-electron chi connectivity index (χ2n) is 6.32. The topological polar surface area (TPSA) is 43.4 Å². The van der Waals surface area contributed by atoms with Crippen molar-refractivity contribution < 1.29 is 14.3 Å². The first-order chi connectivity index (χ1) is 11.4. The third-order valence-electron chi connectivity index (χ3n) is 4.49. The molecule has 0 fully saturated rings. The Morgan fingerprint density at radius 3 is 2.58 bits per heavy atom. The zero-order valence-electron chi connectivity index (χ0n) is 14.4. The van der Waals surface area contributed by atoms with E-state index in [1.165, 1.54) is 7.11 Å². The summed E-state index contributed by atoms with van der Waals surface area (Å²) in [5.41, 5.74) is 6.84. The Bertz CT molecular complexity index is 888. The third kappa shape index (κ3) is 2.67. The van der Waals surface area contributed by atoms with E-state index < -0.39 is 0 Å². The van der Waals surface area contributed by atoms with Crippen LogP contribution < -0.4 is 0 Å². The molecule has 0 N–H and O–H groups in total. The molecule has 0 unspecified atom stereocenters. The Balaban J connectivity index is 2.09. The minimum absolute atomic E-state index is 0.0554. The monoisotopic (exact) mass is 320 g/mol. The van der Waals surface area contributed by atoms with Crippen molar-refractivity contribution >= 4 is 17.8 Å². The normalized spacial score (nSPS) is 14.8. The van der Waals surface area contributed by atoms with Crippen LogP contribution in [0.25, 0.3) is 6.08 Å². The molecule has 0 spiro atoms. The Morgan fingerprint density at radius 1 is 1.12 bits per heavy atom. The summed E-state index contributed by atoms with van der Waals surface area (Å²) < 4.78 is 4.89. The predicted molar refractivity (Wildman–Crippen MR) is 94.4 cm³/mol. The number of esters is 1. The van der Waals surface area contributed by atoms with Gasteiger partial charge in [-0.1, -0.05) is 35.9 Å². The van der Waals surface area contributed by atoms with Gasteiger partial charge in [0.15, 0.2) is 5.78 Å². The maximum atomic E-state index is 12.8. The summed E-state index contributed by atoms with van der Waals surface area (Å²) in [6.45, 7) is 5.88. The smallest absolute Gasteiger partial charge is 0.338 e. The zero-order chi connectivity index (χ0) is 17.4. The molecule has 2 aromatic rings. The van der Waals surface area contributed by atoms with Gasteiger partial charge in [-0.3, -0.25) is 4.79 Å². The number of Topliss-reactive ketones (excluding diaryl/α,β-unsaturated/α-hetero) is 1. The van der Waals surface area contributed by atoms with Crippen LogP contribution in [0.5, 0.6) is 0 Å². The van der Waals surface area contributed by atoms with Gasteiger partial charge in [-0.25, -0.2) is 4.79 Å². The van der Waals surface area contributed by atoms with E-state index >= 15 is 0 Å². The lowest BCUT2D eigenvalue weighted by Crippen LogP contribution is -2.07. The minimum atomic E-state index is -0.380. The molecule has 0 bridgehead atoms. The Hall–Kier alpha value is -2.68. The van der Waals surface area contributed by atoms with Crippen molar-refractivity contribution in [3.8, 4) is 0 Å². The van der Waals surface area contributed by atoms with E-state index in [0.29, 0.717) is 12.0 Å². The van der Waals surface area contributed by atoms with Crippen LogP contribution in [0.4, 0.5) is 0 Å². The number of carbonyl (C=O) groups excluding carboxylic acids is 2. The highest BCUT2D eigenvalue weighted by molar-refractivity contribution is 6.16. The number of allylic oxidation sites excluding steroid dienone is 1. The molecular weight excluding hydrogens is 300 g/mol. The van der Waals surface area contributed by atoms with Crippen molar-refractivity contribution in [2.24, 2.45) is 0 Å². The molecule has 0 saturated heterocycles. The second kappa shape index (κ2) is 6.08. The van der Waals surface area contributed by atoms with Gasteiger partial charge < -0.3 is 4.74 Å². The van der Waals surface area contributed by atoms with Crippen LogP contribution in [0.15, 0.2) is 35.9 Å². The van der Waals surface area contributed by atoms with E-state index in [4.69, 9.17) is 4.74 Å². The number of benzene rings is 2. The van der Waals surface area contributed by atoms with E-state index in [9.17, 15) is 9.59 Å². The number of carbonyl (C=O) groups is 2. The highest BCUT2D eigenvalue weighted by Crippen LogP contribution is 2.32. The fourth-order valence-corrected chi connectivity index (χ4v) is 3.46. The van der Waals surface area contributed by atoms with E-state index in [1.54, 1.807) is 0 Å². The number of hydrogen-bond acceptors (Lipinski definition) is 3. The molecule has 2 aromatic carbocycles. The lowest BCUT2D eigenvalue weighted by molar-refractivity contribution is 0.0599. The summed E-state index contributed by atoms with van der Waals surface area (Å²) in [5, 5.41) is 0. The predicted octanol–water partition coefficient (Wildman–Crippen LogP) is 4.22. The standard InChI is InChI=1S/C21H20O3/c1-12-8-14(3)18-16(9-12)11-17(20(18)22)10-15-7-5-6-13(2)19(15)21(23)24-4/h5-10H,11H2,1-4H3/b17-10-. The molecule has 0 atom stereocenters. The molecule has 24 heavy (non-hydrogen) atoms. The van der Waals surface area contributed by atoms with E-state index in [0.717, 1.165) is 39.0 Å². The van der Waals surface area contributed by atoms with Crippen molar-refractivity contribution in [1.82, 2.24) is 0 Å². The second-order valence-corrected chi connectivity index (χ2v) is 6.32. The highest BCUT2D eigenvalue weighted by Gasteiger charge is 2.27. The molecule has 122 valence electrons. The first-order valence-corrected chi connectivity index (χ1v) is 7.95. The van der Waals surface area contributed by atoms with Crippen LogP contribution in [-0.4, -0.2) is 18.9 Å². The maximum Gasteiger partial charge on any atom is 0.338 e. The fraction of sp³-hybridized carbons (Fsp3) is 0.238. The first kappa shape index (κ1) is 16.2. The van der Waals surface area contributed by atoms with Crippen molar-refractivity contribution in [1.29, 1.82) is 0 Å². The van der Waals surface area contributed by atoms with E-state index in [1.807, 2.05) is 51.1 Å². The summed E-state index contributed by atoms with van der Waals surface area (Å²) in [6, 6.07) is 9.70. The molecule has 1 aliphatic carbocycles. The van der Waals surface area contributed by atoms with Crippen LogP contribution in [0.1, 0.15) is 48.5 Å². The molecule has 3 heteroatoms. The summed E-state index contributed by atoms with van der Waals surface area (Å²) >= 11 is 0. The molecule has 0 saturated carbocycles. The third-order valence-corrected chi connectivity index (χ3v) is 4.49. The zero-order valence-corrected chi connectivity index (χ0v) is 14.4. The van der Waals surface area contributed by atoms with E-state index in [-0.39, 0.29) is 11.8 Å². The molecule has 0 aliphatic heterocycles.